The van der Waals surface area contributed by atoms with Gasteiger partial charge in [0.2, 0.25) is 10.1 Å². The number of nitrogens with zero attached hydrogens (tertiary/aromatic N) is 6. The van der Waals surface area contributed by atoms with E-state index in [1.54, 1.807) is 17.5 Å². The summed E-state index contributed by atoms with van der Waals surface area (Å²) in [4.78, 5) is 14.4. The largest absolute Gasteiger partial charge is 0.389 e. The molecule has 4 heterocycles. The molecule has 26 heavy (non-hydrogen) atoms. The second-order valence-electron chi connectivity index (χ2n) is 7.57. The van der Waals surface area contributed by atoms with Gasteiger partial charge in [0.05, 0.1) is 17.5 Å². The van der Waals surface area contributed by atoms with Gasteiger partial charge in [-0.15, -0.1) is 5.10 Å². The molecule has 1 fully saturated rings. The minimum Gasteiger partial charge on any atom is -0.389 e. The number of piperazine rings is 1. The monoisotopic (exact) mass is 372 g/mol. The maximum atomic E-state index is 10.0. The van der Waals surface area contributed by atoms with Crippen molar-refractivity contribution in [3.05, 3.63) is 30.7 Å². The Hall–Kier alpha value is -2.03. The Morgan fingerprint density at radius 3 is 2.85 bits per heavy atom. The van der Waals surface area contributed by atoms with E-state index in [-0.39, 0.29) is 0 Å². The highest BCUT2D eigenvalue weighted by atomic mass is 32.1. The third-order valence-corrected chi connectivity index (χ3v) is 5.52. The van der Waals surface area contributed by atoms with Crippen LogP contribution in [0.15, 0.2) is 30.7 Å². The maximum absolute atomic E-state index is 10.0. The zero-order valence-electron chi connectivity index (χ0n) is 15.3. The zero-order valence-corrected chi connectivity index (χ0v) is 16.1. The van der Waals surface area contributed by atoms with Gasteiger partial charge in [-0.2, -0.15) is 0 Å². The number of hydrogen-bond donors (Lipinski definition) is 1. The van der Waals surface area contributed by atoms with Crippen LogP contribution in [0.2, 0.25) is 0 Å². The normalized spacial score (nSPS) is 19.4. The quantitative estimate of drug-likeness (QED) is 0.757. The van der Waals surface area contributed by atoms with Gasteiger partial charge < -0.3 is 10.0 Å². The van der Waals surface area contributed by atoms with E-state index in [9.17, 15) is 5.11 Å². The molecule has 1 atom stereocenters. The van der Waals surface area contributed by atoms with Crippen molar-refractivity contribution in [3.8, 4) is 11.3 Å². The van der Waals surface area contributed by atoms with Gasteiger partial charge in [-0.1, -0.05) is 11.3 Å². The average molecular weight is 372 g/mol. The Balaban J connectivity index is 1.50. The summed E-state index contributed by atoms with van der Waals surface area (Å²) >= 11 is 1.62. The van der Waals surface area contributed by atoms with Crippen LogP contribution in [0.25, 0.3) is 16.2 Å². The fourth-order valence-corrected chi connectivity index (χ4v) is 4.48. The number of hydrogen-bond acceptors (Lipinski definition) is 7. The average Bonchev–Trinajstić information content (AvgIpc) is 3.13. The van der Waals surface area contributed by atoms with Gasteiger partial charge in [0, 0.05) is 50.2 Å². The molecular formula is C18H24N6OS. The predicted molar refractivity (Wildman–Crippen MR) is 104 cm³/mol. The SMILES string of the molecule is CC1CN(CC(C)(C)O)CCN1c1nn2cc(-c3cccnc3)nc2s1. The summed E-state index contributed by atoms with van der Waals surface area (Å²) in [5.74, 6) is 0. The van der Waals surface area contributed by atoms with Crippen LogP contribution in [0.5, 0.6) is 0 Å². The van der Waals surface area contributed by atoms with Crippen LogP contribution in [0.1, 0.15) is 20.8 Å². The molecule has 8 heteroatoms. The number of fused-ring (bicyclic) bond motifs is 1. The molecule has 0 saturated carbocycles. The third-order valence-electron chi connectivity index (χ3n) is 4.56. The van der Waals surface area contributed by atoms with Gasteiger partial charge in [-0.3, -0.25) is 9.88 Å². The molecule has 0 bridgehead atoms. The van der Waals surface area contributed by atoms with Crippen molar-refractivity contribution in [2.75, 3.05) is 31.1 Å². The van der Waals surface area contributed by atoms with E-state index >= 15 is 0 Å². The van der Waals surface area contributed by atoms with Crippen LogP contribution < -0.4 is 4.90 Å². The molecule has 0 amide bonds. The summed E-state index contributed by atoms with van der Waals surface area (Å²) < 4.78 is 1.86. The van der Waals surface area contributed by atoms with Crippen molar-refractivity contribution in [3.63, 3.8) is 0 Å². The Labute approximate surface area is 156 Å². The number of pyridine rings is 1. The summed E-state index contributed by atoms with van der Waals surface area (Å²) in [6.07, 6.45) is 5.54. The minimum absolute atomic E-state index is 0.347. The van der Waals surface area contributed by atoms with Crippen LogP contribution in [0, 0.1) is 0 Å². The van der Waals surface area contributed by atoms with Gasteiger partial charge >= 0.3 is 0 Å². The zero-order chi connectivity index (χ0) is 18.3. The van der Waals surface area contributed by atoms with Crippen molar-refractivity contribution in [1.82, 2.24) is 24.5 Å². The highest BCUT2D eigenvalue weighted by molar-refractivity contribution is 7.20. The molecule has 0 aliphatic carbocycles. The number of aliphatic hydroxyl groups is 1. The minimum atomic E-state index is -0.660. The molecule has 7 nitrogen and oxygen atoms in total. The summed E-state index contributed by atoms with van der Waals surface area (Å²) in [7, 11) is 0. The Bertz CT molecular complexity index is 853. The van der Waals surface area contributed by atoms with Crippen LogP contribution in [0.3, 0.4) is 0 Å². The lowest BCUT2D eigenvalue weighted by Crippen LogP contribution is -2.54. The van der Waals surface area contributed by atoms with E-state index in [1.165, 1.54) is 0 Å². The van der Waals surface area contributed by atoms with Gasteiger partial charge in [-0.25, -0.2) is 9.50 Å². The Kier molecular flexibility index (Phi) is 4.42. The van der Waals surface area contributed by atoms with E-state index in [1.807, 2.05) is 42.9 Å². The molecule has 1 N–H and O–H groups in total. The van der Waals surface area contributed by atoms with E-state index in [2.05, 4.69) is 21.7 Å². The van der Waals surface area contributed by atoms with Crippen LogP contribution in [-0.2, 0) is 0 Å². The number of imidazole rings is 1. The fourth-order valence-electron chi connectivity index (χ4n) is 3.47. The van der Waals surface area contributed by atoms with Gasteiger partial charge in [-0.05, 0) is 32.9 Å². The van der Waals surface area contributed by atoms with Crippen LogP contribution >= 0.6 is 11.3 Å². The topological polar surface area (TPSA) is 69.8 Å². The fraction of sp³-hybridized carbons (Fsp3) is 0.500. The molecule has 1 unspecified atom stereocenters. The summed E-state index contributed by atoms with van der Waals surface area (Å²) in [5.41, 5.74) is 1.23. The number of anilines is 1. The van der Waals surface area contributed by atoms with E-state index in [0.29, 0.717) is 12.6 Å². The lowest BCUT2D eigenvalue weighted by molar-refractivity contribution is 0.0308. The van der Waals surface area contributed by atoms with E-state index in [0.717, 1.165) is 41.0 Å². The maximum Gasteiger partial charge on any atom is 0.214 e. The van der Waals surface area contributed by atoms with Gasteiger partial charge in [0.1, 0.15) is 0 Å². The molecule has 3 aromatic heterocycles. The van der Waals surface area contributed by atoms with Crippen molar-refractivity contribution in [2.24, 2.45) is 0 Å². The summed E-state index contributed by atoms with van der Waals surface area (Å²) in [5, 5.41) is 15.8. The van der Waals surface area contributed by atoms with E-state index < -0.39 is 5.60 Å². The molecule has 138 valence electrons. The molecular weight excluding hydrogens is 348 g/mol. The molecule has 4 rings (SSSR count). The van der Waals surface area contributed by atoms with Crippen LogP contribution in [-0.4, -0.2) is 67.4 Å². The first-order valence-corrected chi connectivity index (χ1v) is 9.69. The Morgan fingerprint density at radius 1 is 1.35 bits per heavy atom. The second-order valence-corrected chi connectivity index (χ2v) is 8.50. The first kappa shape index (κ1) is 17.4. The van der Waals surface area contributed by atoms with Crippen LogP contribution in [0.4, 0.5) is 5.13 Å². The highest BCUT2D eigenvalue weighted by Crippen LogP contribution is 2.29. The predicted octanol–water partition coefficient (Wildman–Crippen LogP) is 2.13. The number of β-amino-alcohol motifs (C(OH)–C–C–N with tert-alkyl or cyclic N) is 1. The summed E-state index contributed by atoms with van der Waals surface area (Å²) in [6.45, 7) is 9.38. The lowest BCUT2D eigenvalue weighted by Gasteiger charge is -2.41. The molecule has 1 aliphatic heterocycles. The van der Waals surface area contributed by atoms with E-state index in [4.69, 9.17) is 10.1 Å². The van der Waals surface area contributed by atoms with Crippen molar-refractivity contribution in [1.29, 1.82) is 0 Å². The standard InChI is InChI=1S/C18H24N6OS/c1-13-10-22(12-18(2,3)25)7-8-23(13)17-21-24-11-15(20-16(24)26-17)14-5-4-6-19-9-14/h4-6,9,11,13,25H,7-8,10,12H2,1-3H3. The molecule has 3 aromatic rings. The molecule has 1 saturated heterocycles. The molecule has 0 radical (unpaired) electrons. The highest BCUT2D eigenvalue weighted by Gasteiger charge is 2.29. The second kappa shape index (κ2) is 6.61. The number of aromatic nitrogens is 4. The van der Waals surface area contributed by atoms with Crippen molar-refractivity contribution in [2.45, 2.75) is 32.4 Å². The third kappa shape index (κ3) is 3.58. The molecule has 1 aliphatic rings. The van der Waals surface area contributed by atoms with Gasteiger partial charge in [0.15, 0.2) is 0 Å². The smallest absolute Gasteiger partial charge is 0.214 e. The number of rotatable bonds is 4. The molecule has 0 spiro atoms. The van der Waals surface area contributed by atoms with Crippen molar-refractivity contribution < 1.29 is 5.11 Å². The first-order chi connectivity index (χ1) is 12.4. The molecule has 0 aromatic carbocycles. The lowest BCUT2D eigenvalue weighted by atomic mass is 10.1. The van der Waals surface area contributed by atoms with Crippen molar-refractivity contribution >= 4 is 21.4 Å². The summed E-state index contributed by atoms with van der Waals surface area (Å²) in [6, 6.07) is 4.26. The Morgan fingerprint density at radius 2 is 2.19 bits per heavy atom. The first-order valence-electron chi connectivity index (χ1n) is 8.87. The van der Waals surface area contributed by atoms with Gasteiger partial charge in [0.25, 0.3) is 0 Å².